The van der Waals surface area contributed by atoms with Crippen molar-refractivity contribution in [2.45, 2.75) is 52.7 Å². The quantitative estimate of drug-likeness (QED) is 0.845. The van der Waals surface area contributed by atoms with Gasteiger partial charge in [-0.2, -0.15) is 0 Å². The SMILES string of the molecule is CCC(=O)OC1(C)CNC(=O)N1c1nc2c(s1)C(=O)CC(C)(C)C2. The topological polar surface area (TPSA) is 88.6 Å². The molecule has 0 aromatic carbocycles. The molecule has 24 heavy (non-hydrogen) atoms. The molecule has 130 valence electrons. The van der Waals surface area contributed by atoms with Crippen LogP contribution in [0.25, 0.3) is 0 Å². The van der Waals surface area contributed by atoms with Gasteiger partial charge in [0.2, 0.25) is 5.72 Å². The number of aromatic nitrogens is 1. The minimum Gasteiger partial charge on any atom is -0.437 e. The van der Waals surface area contributed by atoms with E-state index in [1.807, 2.05) is 13.8 Å². The second kappa shape index (κ2) is 5.54. The number of carbonyl (C=O) groups excluding carboxylic acids is 3. The lowest BCUT2D eigenvalue weighted by Gasteiger charge is -2.30. The third-order valence-electron chi connectivity index (χ3n) is 4.28. The van der Waals surface area contributed by atoms with Crippen molar-refractivity contribution in [1.82, 2.24) is 10.3 Å². The molecule has 0 bridgehead atoms. The zero-order valence-corrected chi connectivity index (χ0v) is 15.1. The van der Waals surface area contributed by atoms with E-state index in [4.69, 9.17) is 4.74 Å². The predicted octanol–water partition coefficient (Wildman–Crippen LogP) is 2.50. The molecule has 0 radical (unpaired) electrons. The number of urea groups is 1. The minimum atomic E-state index is -1.14. The fraction of sp³-hybridized carbons (Fsp3) is 0.625. The Morgan fingerprint density at radius 3 is 2.71 bits per heavy atom. The van der Waals surface area contributed by atoms with E-state index in [-0.39, 0.29) is 30.2 Å². The van der Waals surface area contributed by atoms with Gasteiger partial charge in [-0.05, 0) is 18.8 Å². The summed E-state index contributed by atoms with van der Waals surface area (Å²) in [5, 5.41) is 3.08. The molecule has 0 spiro atoms. The maximum atomic E-state index is 12.4. The Labute approximate surface area is 144 Å². The molecule has 1 atom stereocenters. The van der Waals surface area contributed by atoms with Gasteiger partial charge in [0.15, 0.2) is 10.9 Å². The summed E-state index contributed by atoms with van der Waals surface area (Å²) in [4.78, 5) is 42.9. The van der Waals surface area contributed by atoms with Crippen LogP contribution in [-0.2, 0) is 16.0 Å². The number of esters is 1. The van der Waals surface area contributed by atoms with Crippen molar-refractivity contribution < 1.29 is 19.1 Å². The zero-order valence-electron chi connectivity index (χ0n) is 14.3. The predicted molar refractivity (Wildman–Crippen MR) is 89.2 cm³/mol. The molecule has 1 N–H and O–H groups in total. The first kappa shape index (κ1) is 16.9. The maximum Gasteiger partial charge on any atom is 0.327 e. The van der Waals surface area contributed by atoms with Gasteiger partial charge in [0, 0.05) is 12.8 Å². The molecule has 1 aliphatic heterocycles. The summed E-state index contributed by atoms with van der Waals surface area (Å²) in [5.74, 6) is -0.339. The van der Waals surface area contributed by atoms with E-state index in [1.165, 1.54) is 16.2 Å². The minimum absolute atomic E-state index is 0.0526. The van der Waals surface area contributed by atoms with Crippen LogP contribution in [0.2, 0.25) is 0 Å². The molecule has 0 saturated carbocycles. The van der Waals surface area contributed by atoms with Crippen LogP contribution < -0.4 is 10.2 Å². The Bertz CT molecular complexity index is 727. The Morgan fingerprint density at radius 1 is 1.33 bits per heavy atom. The number of fused-ring (bicyclic) bond motifs is 1. The zero-order chi connectivity index (χ0) is 17.7. The number of carbonyl (C=O) groups is 3. The van der Waals surface area contributed by atoms with E-state index >= 15 is 0 Å². The van der Waals surface area contributed by atoms with Crippen LogP contribution in [0.15, 0.2) is 0 Å². The first-order valence-corrected chi connectivity index (χ1v) is 8.80. The van der Waals surface area contributed by atoms with Gasteiger partial charge >= 0.3 is 12.0 Å². The molecule has 2 heterocycles. The Balaban J connectivity index is 1.97. The number of ether oxygens (including phenoxy) is 1. The highest BCUT2D eigenvalue weighted by molar-refractivity contribution is 7.17. The number of rotatable bonds is 3. The molecule has 7 nitrogen and oxygen atoms in total. The largest absolute Gasteiger partial charge is 0.437 e. The van der Waals surface area contributed by atoms with Crippen LogP contribution in [0.5, 0.6) is 0 Å². The summed E-state index contributed by atoms with van der Waals surface area (Å²) in [7, 11) is 0. The van der Waals surface area contributed by atoms with E-state index in [2.05, 4.69) is 10.3 Å². The van der Waals surface area contributed by atoms with Gasteiger partial charge in [-0.15, -0.1) is 0 Å². The van der Waals surface area contributed by atoms with E-state index in [0.29, 0.717) is 22.9 Å². The summed E-state index contributed by atoms with van der Waals surface area (Å²) in [6.07, 6.45) is 1.38. The number of hydrogen-bond acceptors (Lipinski definition) is 6. The van der Waals surface area contributed by atoms with Gasteiger partial charge in [-0.3, -0.25) is 9.59 Å². The molecule has 1 aromatic rings. The van der Waals surface area contributed by atoms with Crippen LogP contribution in [0, 0.1) is 5.41 Å². The van der Waals surface area contributed by atoms with Crippen LogP contribution in [0.3, 0.4) is 0 Å². The Kier molecular flexibility index (Phi) is 3.90. The number of ketones is 1. The third-order valence-corrected chi connectivity index (χ3v) is 5.41. The molecular formula is C16H21N3O4S. The average molecular weight is 351 g/mol. The first-order valence-electron chi connectivity index (χ1n) is 7.98. The molecule has 2 aliphatic rings. The van der Waals surface area contributed by atoms with Crippen molar-refractivity contribution in [2.24, 2.45) is 5.41 Å². The number of nitrogens with one attached hydrogen (secondary N) is 1. The molecular weight excluding hydrogens is 330 g/mol. The molecule has 1 saturated heterocycles. The molecule has 8 heteroatoms. The van der Waals surface area contributed by atoms with Crippen molar-refractivity contribution >= 4 is 34.3 Å². The second-order valence-electron chi connectivity index (χ2n) is 7.21. The van der Waals surface area contributed by atoms with Gasteiger partial charge in [-0.25, -0.2) is 14.7 Å². The highest BCUT2D eigenvalue weighted by Crippen LogP contribution is 2.41. The van der Waals surface area contributed by atoms with Crippen molar-refractivity contribution in [3.63, 3.8) is 0 Å². The highest BCUT2D eigenvalue weighted by atomic mass is 32.1. The fourth-order valence-electron chi connectivity index (χ4n) is 3.10. The standard InChI is InChI=1S/C16H21N3O4S/c1-5-11(21)23-16(4)8-17-13(22)19(16)14-18-9-6-15(2,3)7-10(20)12(9)24-14/h5-8H2,1-4H3,(H,17,22). The van der Waals surface area contributed by atoms with E-state index in [9.17, 15) is 14.4 Å². The lowest BCUT2D eigenvalue weighted by atomic mass is 9.78. The molecule has 1 unspecified atom stereocenters. The summed E-state index contributed by atoms with van der Waals surface area (Å²) in [6, 6.07) is -0.376. The maximum absolute atomic E-state index is 12.4. The van der Waals surface area contributed by atoms with Crippen LogP contribution in [0.4, 0.5) is 9.93 Å². The lowest BCUT2D eigenvalue weighted by Crippen LogP contribution is -2.48. The third kappa shape index (κ3) is 2.79. The highest BCUT2D eigenvalue weighted by Gasteiger charge is 2.48. The molecule has 2 amide bonds. The van der Waals surface area contributed by atoms with E-state index in [1.54, 1.807) is 13.8 Å². The number of amides is 2. The monoisotopic (exact) mass is 351 g/mol. The smallest absolute Gasteiger partial charge is 0.327 e. The van der Waals surface area contributed by atoms with E-state index in [0.717, 1.165) is 5.69 Å². The number of thiazole rings is 1. The number of hydrogen-bond donors (Lipinski definition) is 1. The first-order chi connectivity index (χ1) is 11.1. The number of Topliss-reactive ketones (excluding diaryl/α,β-unsaturated/α-hetero) is 1. The molecule has 1 aliphatic carbocycles. The molecule has 3 rings (SSSR count). The van der Waals surface area contributed by atoms with Crippen molar-refractivity contribution in [2.75, 3.05) is 11.4 Å². The van der Waals surface area contributed by atoms with Gasteiger partial charge in [0.05, 0.1) is 17.1 Å². The summed E-state index contributed by atoms with van der Waals surface area (Å²) in [5.41, 5.74) is -0.552. The van der Waals surface area contributed by atoms with Gasteiger partial charge in [0.25, 0.3) is 0 Å². The van der Waals surface area contributed by atoms with Crippen LogP contribution >= 0.6 is 11.3 Å². The average Bonchev–Trinajstić information content (AvgIpc) is 2.98. The molecule has 1 aromatic heterocycles. The number of nitrogens with zero attached hydrogens (tertiary/aromatic N) is 2. The van der Waals surface area contributed by atoms with E-state index < -0.39 is 11.7 Å². The molecule has 1 fully saturated rings. The Hall–Kier alpha value is -1.96. The van der Waals surface area contributed by atoms with Crippen molar-refractivity contribution in [3.8, 4) is 0 Å². The summed E-state index contributed by atoms with van der Waals surface area (Å²) < 4.78 is 5.47. The van der Waals surface area contributed by atoms with Gasteiger partial charge in [0.1, 0.15) is 0 Å². The van der Waals surface area contributed by atoms with Crippen LogP contribution in [-0.4, -0.2) is 35.0 Å². The normalized spacial score (nSPS) is 25.4. The van der Waals surface area contributed by atoms with Gasteiger partial charge < -0.3 is 10.1 Å². The number of anilines is 1. The lowest BCUT2D eigenvalue weighted by molar-refractivity contribution is -0.155. The summed E-state index contributed by atoms with van der Waals surface area (Å²) in [6.45, 7) is 7.61. The fourth-order valence-corrected chi connectivity index (χ4v) is 4.23. The van der Waals surface area contributed by atoms with Crippen molar-refractivity contribution in [1.29, 1.82) is 0 Å². The summed E-state index contributed by atoms with van der Waals surface area (Å²) >= 11 is 1.20. The second-order valence-corrected chi connectivity index (χ2v) is 8.19. The van der Waals surface area contributed by atoms with Gasteiger partial charge in [-0.1, -0.05) is 32.1 Å². The Morgan fingerprint density at radius 2 is 2.04 bits per heavy atom. The van der Waals surface area contributed by atoms with Crippen molar-refractivity contribution in [3.05, 3.63) is 10.6 Å². The van der Waals surface area contributed by atoms with Crippen LogP contribution in [0.1, 0.15) is 55.9 Å².